The predicted molar refractivity (Wildman–Crippen MR) is 58.4 cm³/mol. The first kappa shape index (κ1) is 12.5. The van der Waals surface area contributed by atoms with Gasteiger partial charge in [-0.05, 0) is 0 Å². The van der Waals surface area contributed by atoms with Crippen molar-refractivity contribution in [3.63, 3.8) is 0 Å². The monoisotopic (exact) mass is 250 g/mol. The summed E-state index contributed by atoms with van der Waals surface area (Å²) in [5.74, 6) is 0. The van der Waals surface area contributed by atoms with Gasteiger partial charge in [0, 0.05) is 13.8 Å². The summed E-state index contributed by atoms with van der Waals surface area (Å²) in [6, 6.07) is -0.152. The van der Waals surface area contributed by atoms with Gasteiger partial charge in [0.05, 0.1) is 19.2 Å². The van der Waals surface area contributed by atoms with Crippen molar-refractivity contribution >= 4 is 15.4 Å². The standard InChI is InChI=1S/C8H16BO6P/c1-12-3-8-4-13-5(7(9)14-8)6(8)15-16(2,10)11/h5-7H,3-4,9H2,1-2H3,(H,10,11)/t5-,6-,7+,8?/m0/s1. The molecule has 2 saturated heterocycles. The van der Waals surface area contributed by atoms with Crippen LogP contribution in [-0.4, -0.2) is 63.5 Å². The molecule has 0 aromatic heterocycles. The fraction of sp³-hybridized carbons (Fsp3) is 1.00. The molecule has 2 heterocycles. The molecule has 0 aromatic rings. The van der Waals surface area contributed by atoms with Gasteiger partial charge in [-0.3, -0.25) is 9.09 Å². The number of rotatable bonds is 4. The van der Waals surface area contributed by atoms with Gasteiger partial charge in [0.2, 0.25) is 0 Å². The predicted octanol–water partition coefficient (Wildman–Crippen LogP) is -1.04. The van der Waals surface area contributed by atoms with Gasteiger partial charge in [0.15, 0.2) is 0 Å². The summed E-state index contributed by atoms with van der Waals surface area (Å²) < 4.78 is 32.9. The molecule has 2 aliphatic heterocycles. The Morgan fingerprint density at radius 1 is 1.69 bits per heavy atom. The summed E-state index contributed by atoms with van der Waals surface area (Å²) in [6.45, 7) is 1.79. The van der Waals surface area contributed by atoms with E-state index in [1.807, 2.05) is 7.85 Å². The van der Waals surface area contributed by atoms with E-state index < -0.39 is 19.3 Å². The maximum Gasteiger partial charge on any atom is 0.325 e. The molecule has 2 rings (SSSR count). The van der Waals surface area contributed by atoms with Gasteiger partial charge in [0.1, 0.15) is 25.7 Å². The normalized spacial score (nSPS) is 45.8. The zero-order valence-corrected chi connectivity index (χ0v) is 10.5. The topological polar surface area (TPSA) is 74.2 Å². The molecule has 0 spiro atoms. The number of methoxy groups -OCH3 is 1. The van der Waals surface area contributed by atoms with Crippen LogP contribution in [0.3, 0.4) is 0 Å². The maximum atomic E-state index is 11.3. The lowest BCUT2D eigenvalue weighted by molar-refractivity contribution is -0.141. The van der Waals surface area contributed by atoms with Crippen LogP contribution in [0.15, 0.2) is 0 Å². The molecule has 0 radical (unpaired) electrons. The third-order valence-electron chi connectivity index (χ3n) is 2.92. The summed E-state index contributed by atoms with van der Waals surface area (Å²) >= 11 is 0. The zero-order valence-electron chi connectivity index (χ0n) is 9.58. The molecule has 8 heteroatoms. The molecule has 1 N–H and O–H groups in total. The molecule has 2 aliphatic rings. The van der Waals surface area contributed by atoms with Crippen molar-refractivity contribution in [2.45, 2.75) is 23.8 Å². The molecule has 0 amide bonds. The van der Waals surface area contributed by atoms with Crippen molar-refractivity contribution in [1.82, 2.24) is 0 Å². The molecule has 2 fully saturated rings. The van der Waals surface area contributed by atoms with Crippen molar-refractivity contribution in [2.24, 2.45) is 0 Å². The van der Waals surface area contributed by atoms with E-state index in [0.29, 0.717) is 13.2 Å². The second-order valence-corrected chi connectivity index (χ2v) is 6.24. The lowest BCUT2D eigenvalue weighted by Gasteiger charge is -2.30. The Hall–Kier alpha value is 0.0949. The molecular weight excluding hydrogens is 234 g/mol. The maximum absolute atomic E-state index is 11.3. The minimum atomic E-state index is -3.56. The summed E-state index contributed by atoms with van der Waals surface area (Å²) in [6.07, 6.45) is -0.834. The lowest BCUT2D eigenvalue weighted by atomic mass is 9.92. The van der Waals surface area contributed by atoms with Gasteiger partial charge in [-0.2, -0.15) is 0 Å². The molecule has 2 bridgehead atoms. The van der Waals surface area contributed by atoms with Crippen LogP contribution >= 0.6 is 7.60 Å². The fourth-order valence-corrected chi connectivity index (χ4v) is 3.13. The molecule has 6 nitrogen and oxygen atoms in total. The lowest BCUT2D eigenvalue weighted by Crippen LogP contribution is -2.45. The summed E-state index contributed by atoms with van der Waals surface area (Å²) in [5, 5.41) is 0. The highest BCUT2D eigenvalue weighted by molar-refractivity contribution is 7.51. The zero-order chi connectivity index (χ0) is 12.0. The molecule has 0 aromatic carbocycles. The second-order valence-electron chi connectivity index (χ2n) is 4.43. The van der Waals surface area contributed by atoms with Crippen LogP contribution < -0.4 is 0 Å². The highest BCUT2D eigenvalue weighted by atomic mass is 31.2. The largest absolute Gasteiger partial charge is 0.381 e. The number of hydrogen-bond acceptors (Lipinski definition) is 5. The summed E-state index contributed by atoms with van der Waals surface area (Å²) in [4.78, 5) is 9.29. The molecule has 0 aliphatic carbocycles. The van der Waals surface area contributed by atoms with Crippen LogP contribution in [0.4, 0.5) is 0 Å². The molecular formula is C8H16BO6P. The average molecular weight is 250 g/mol. The average Bonchev–Trinajstić information content (AvgIpc) is 2.54. The van der Waals surface area contributed by atoms with Gasteiger partial charge in [-0.15, -0.1) is 0 Å². The van der Waals surface area contributed by atoms with Crippen LogP contribution in [-0.2, 0) is 23.3 Å². The Kier molecular flexibility index (Phi) is 3.20. The van der Waals surface area contributed by atoms with Crippen LogP contribution in [0, 0.1) is 0 Å². The number of fused-ring (bicyclic) bond motifs is 2. The van der Waals surface area contributed by atoms with Gasteiger partial charge < -0.3 is 19.1 Å². The first-order valence-electron chi connectivity index (χ1n) is 5.15. The summed E-state index contributed by atoms with van der Waals surface area (Å²) in [7, 11) is -0.150. The van der Waals surface area contributed by atoms with E-state index in [4.69, 9.17) is 18.7 Å². The third kappa shape index (κ3) is 2.08. The van der Waals surface area contributed by atoms with Crippen LogP contribution in [0.5, 0.6) is 0 Å². The highest BCUT2D eigenvalue weighted by Crippen LogP contribution is 2.49. The fourth-order valence-electron chi connectivity index (χ4n) is 2.40. The Morgan fingerprint density at radius 3 is 2.88 bits per heavy atom. The van der Waals surface area contributed by atoms with Gasteiger partial charge in [0.25, 0.3) is 0 Å². The van der Waals surface area contributed by atoms with E-state index in [1.165, 1.54) is 0 Å². The SMILES string of the molecule is B[C@@H]1OC2(COC)CO[C@H]1[C@@H]2OP(C)(=O)O. The minimum Gasteiger partial charge on any atom is -0.381 e. The van der Waals surface area contributed by atoms with E-state index in [-0.39, 0.29) is 12.1 Å². The first-order chi connectivity index (χ1) is 7.38. The first-order valence-corrected chi connectivity index (χ1v) is 7.17. The minimum absolute atomic E-state index is 0.152. The van der Waals surface area contributed by atoms with Crippen molar-refractivity contribution in [3.8, 4) is 0 Å². The second kappa shape index (κ2) is 4.08. The van der Waals surface area contributed by atoms with Crippen molar-refractivity contribution in [1.29, 1.82) is 0 Å². The Balaban J connectivity index is 2.19. The van der Waals surface area contributed by atoms with Gasteiger partial charge in [-0.1, -0.05) is 0 Å². The molecule has 16 heavy (non-hydrogen) atoms. The van der Waals surface area contributed by atoms with E-state index in [0.717, 1.165) is 6.66 Å². The Bertz CT molecular complexity index is 320. The number of ether oxygens (including phenoxy) is 3. The van der Waals surface area contributed by atoms with Crippen molar-refractivity contribution in [3.05, 3.63) is 0 Å². The Labute approximate surface area is 95.1 Å². The van der Waals surface area contributed by atoms with E-state index >= 15 is 0 Å². The van der Waals surface area contributed by atoms with Gasteiger partial charge in [-0.25, -0.2) is 0 Å². The summed E-state index contributed by atoms with van der Waals surface area (Å²) in [5.41, 5.74) is -0.743. The van der Waals surface area contributed by atoms with E-state index in [2.05, 4.69) is 0 Å². The van der Waals surface area contributed by atoms with Crippen LogP contribution in [0.1, 0.15) is 0 Å². The van der Waals surface area contributed by atoms with Crippen molar-refractivity contribution < 1.29 is 28.2 Å². The smallest absolute Gasteiger partial charge is 0.325 e. The number of hydrogen-bond donors (Lipinski definition) is 1. The van der Waals surface area contributed by atoms with E-state index in [9.17, 15) is 9.46 Å². The van der Waals surface area contributed by atoms with Crippen LogP contribution in [0.2, 0.25) is 0 Å². The Morgan fingerprint density at radius 2 is 2.38 bits per heavy atom. The quantitative estimate of drug-likeness (QED) is 0.507. The molecule has 92 valence electrons. The highest BCUT2D eigenvalue weighted by Gasteiger charge is 2.62. The van der Waals surface area contributed by atoms with Gasteiger partial charge >= 0.3 is 7.60 Å². The molecule has 0 saturated carbocycles. The van der Waals surface area contributed by atoms with E-state index in [1.54, 1.807) is 7.11 Å². The van der Waals surface area contributed by atoms with Crippen molar-refractivity contribution in [2.75, 3.05) is 27.0 Å². The van der Waals surface area contributed by atoms with Crippen LogP contribution in [0.25, 0.3) is 0 Å². The molecule has 2 unspecified atom stereocenters. The third-order valence-corrected chi connectivity index (χ3v) is 3.54. The molecule has 5 atom stereocenters.